The number of benzene rings is 2. The molecule has 5 heteroatoms. The van der Waals surface area contributed by atoms with Gasteiger partial charge in [-0.3, -0.25) is 4.98 Å². The van der Waals surface area contributed by atoms with E-state index in [1.807, 2.05) is 49.4 Å². The monoisotopic (exact) mass is 338 g/mol. The molecule has 1 atom stereocenters. The van der Waals surface area contributed by atoms with E-state index >= 15 is 0 Å². The number of nitrogens with one attached hydrogen (secondary N) is 1. The third-order valence-electron chi connectivity index (χ3n) is 3.81. The molecule has 0 bridgehead atoms. The molecule has 122 valence electrons. The molecule has 2 aromatic carbocycles. The third-order valence-corrected chi connectivity index (χ3v) is 5.37. The zero-order valence-corrected chi connectivity index (χ0v) is 14.1. The maximum atomic E-state index is 12.5. The number of hydrogen-bond donors (Lipinski definition) is 1. The molecule has 3 aromatic rings. The number of sulfonamides is 1. The number of nitrogens with zero attached hydrogens (tertiary/aromatic N) is 1. The van der Waals surface area contributed by atoms with Crippen LogP contribution >= 0.6 is 0 Å². The number of pyridine rings is 1. The van der Waals surface area contributed by atoms with Crippen molar-refractivity contribution < 1.29 is 8.42 Å². The van der Waals surface area contributed by atoms with Crippen LogP contribution in [0.2, 0.25) is 0 Å². The molecule has 1 heterocycles. The van der Waals surface area contributed by atoms with E-state index in [9.17, 15) is 8.42 Å². The lowest BCUT2D eigenvalue weighted by molar-refractivity contribution is 0.567. The lowest BCUT2D eigenvalue weighted by Crippen LogP contribution is -2.26. The van der Waals surface area contributed by atoms with Crippen LogP contribution in [0.1, 0.15) is 18.5 Å². The van der Waals surface area contributed by atoms with Crippen LogP contribution in [0, 0.1) is 0 Å². The summed E-state index contributed by atoms with van der Waals surface area (Å²) >= 11 is 0. The molecule has 0 fully saturated rings. The van der Waals surface area contributed by atoms with Crippen LogP contribution in [-0.4, -0.2) is 13.4 Å². The molecule has 0 aliphatic rings. The minimum absolute atomic E-state index is 0.253. The van der Waals surface area contributed by atoms with Gasteiger partial charge in [0.1, 0.15) is 0 Å². The van der Waals surface area contributed by atoms with Crippen LogP contribution in [0.3, 0.4) is 0 Å². The van der Waals surface area contributed by atoms with Gasteiger partial charge in [0.25, 0.3) is 0 Å². The normalized spacial score (nSPS) is 12.7. The molecule has 0 spiro atoms. The summed E-state index contributed by atoms with van der Waals surface area (Å²) in [5.41, 5.74) is 2.88. The maximum absolute atomic E-state index is 12.5. The highest BCUT2D eigenvalue weighted by atomic mass is 32.2. The van der Waals surface area contributed by atoms with Crippen LogP contribution in [0.15, 0.2) is 84.0 Å². The van der Waals surface area contributed by atoms with E-state index in [0.717, 1.165) is 16.7 Å². The highest BCUT2D eigenvalue weighted by Crippen LogP contribution is 2.22. The van der Waals surface area contributed by atoms with E-state index in [0.29, 0.717) is 0 Å². The zero-order chi connectivity index (χ0) is 17.0. The highest BCUT2D eigenvalue weighted by Gasteiger charge is 2.18. The molecule has 0 radical (unpaired) electrons. The molecule has 3 rings (SSSR count). The van der Waals surface area contributed by atoms with Crippen molar-refractivity contribution in [3.8, 4) is 11.1 Å². The van der Waals surface area contributed by atoms with Gasteiger partial charge in [0.05, 0.1) is 4.90 Å². The second-order valence-electron chi connectivity index (χ2n) is 5.51. The Morgan fingerprint density at radius 1 is 0.833 bits per heavy atom. The largest absolute Gasteiger partial charge is 0.265 e. The summed E-state index contributed by atoms with van der Waals surface area (Å²) in [6, 6.07) is 19.8. The Morgan fingerprint density at radius 3 is 2.04 bits per heavy atom. The van der Waals surface area contributed by atoms with Crippen molar-refractivity contribution in [1.82, 2.24) is 9.71 Å². The van der Waals surface area contributed by atoms with Crippen molar-refractivity contribution >= 4 is 10.0 Å². The van der Waals surface area contributed by atoms with Crippen molar-refractivity contribution in [1.29, 1.82) is 0 Å². The average Bonchev–Trinajstić information content (AvgIpc) is 2.63. The molecule has 24 heavy (non-hydrogen) atoms. The van der Waals surface area contributed by atoms with Gasteiger partial charge >= 0.3 is 0 Å². The molecule has 1 unspecified atom stereocenters. The predicted molar refractivity (Wildman–Crippen MR) is 94.9 cm³/mol. The Balaban J connectivity index is 1.80. The quantitative estimate of drug-likeness (QED) is 0.770. The Morgan fingerprint density at radius 2 is 1.42 bits per heavy atom. The highest BCUT2D eigenvalue weighted by molar-refractivity contribution is 7.89. The van der Waals surface area contributed by atoms with E-state index in [1.54, 1.807) is 36.7 Å². The van der Waals surface area contributed by atoms with Gasteiger partial charge in [0, 0.05) is 18.4 Å². The molecular formula is C19H18N2O2S. The molecule has 4 nitrogen and oxygen atoms in total. The Kier molecular flexibility index (Phi) is 4.74. The number of hydrogen-bond acceptors (Lipinski definition) is 3. The summed E-state index contributed by atoms with van der Waals surface area (Å²) in [7, 11) is -3.57. The topological polar surface area (TPSA) is 59.1 Å². The summed E-state index contributed by atoms with van der Waals surface area (Å²) in [6.45, 7) is 1.83. The summed E-state index contributed by atoms with van der Waals surface area (Å²) in [4.78, 5) is 4.24. The fourth-order valence-corrected chi connectivity index (χ4v) is 3.71. The van der Waals surface area contributed by atoms with Gasteiger partial charge < -0.3 is 0 Å². The van der Waals surface area contributed by atoms with Gasteiger partial charge in [0.2, 0.25) is 10.0 Å². The van der Waals surface area contributed by atoms with E-state index in [4.69, 9.17) is 0 Å². The van der Waals surface area contributed by atoms with Crippen molar-refractivity contribution in [2.75, 3.05) is 0 Å². The number of aromatic nitrogens is 1. The lowest BCUT2D eigenvalue weighted by Gasteiger charge is -2.15. The average molecular weight is 338 g/mol. The third kappa shape index (κ3) is 3.69. The van der Waals surface area contributed by atoms with Crippen molar-refractivity contribution in [2.45, 2.75) is 17.9 Å². The fourth-order valence-electron chi connectivity index (χ4n) is 2.48. The minimum Gasteiger partial charge on any atom is -0.265 e. The van der Waals surface area contributed by atoms with E-state index in [1.165, 1.54) is 0 Å². The first-order valence-electron chi connectivity index (χ1n) is 7.64. The maximum Gasteiger partial charge on any atom is 0.241 e. The molecule has 1 aromatic heterocycles. The van der Waals surface area contributed by atoms with Crippen molar-refractivity contribution in [2.24, 2.45) is 0 Å². The summed E-state index contributed by atoms with van der Waals surface area (Å²) in [5, 5.41) is 0. The smallest absolute Gasteiger partial charge is 0.241 e. The molecule has 0 saturated heterocycles. The SMILES string of the molecule is CC(NS(=O)(=O)c1ccc(-c2ccncc2)cc1)c1ccccc1. The van der Waals surface area contributed by atoms with Gasteiger partial charge in [-0.05, 0) is 47.9 Å². The first-order chi connectivity index (χ1) is 11.6. The first-order valence-corrected chi connectivity index (χ1v) is 9.12. The first kappa shape index (κ1) is 16.4. The van der Waals surface area contributed by atoms with Crippen LogP contribution in [0.5, 0.6) is 0 Å². The summed E-state index contributed by atoms with van der Waals surface area (Å²) < 4.78 is 27.8. The summed E-state index contributed by atoms with van der Waals surface area (Å²) in [5.74, 6) is 0. The Hall–Kier alpha value is -2.50. The molecule has 0 aliphatic carbocycles. The van der Waals surface area contributed by atoms with Crippen molar-refractivity contribution in [3.63, 3.8) is 0 Å². The molecule has 1 N–H and O–H groups in total. The minimum atomic E-state index is -3.57. The molecule has 0 aliphatic heterocycles. The second-order valence-corrected chi connectivity index (χ2v) is 7.23. The lowest BCUT2D eigenvalue weighted by atomic mass is 10.1. The van der Waals surface area contributed by atoms with Crippen LogP contribution in [-0.2, 0) is 10.0 Å². The van der Waals surface area contributed by atoms with Crippen LogP contribution in [0.25, 0.3) is 11.1 Å². The predicted octanol–water partition coefficient (Wildman–Crippen LogP) is 3.79. The Bertz CT molecular complexity index is 893. The van der Waals surface area contributed by atoms with Gasteiger partial charge in [-0.1, -0.05) is 42.5 Å². The standard InChI is InChI=1S/C19H18N2O2S/c1-15(16-5-3-2-4-6-16)21-24(22,23)19-9-7-17(8-10-19)18-11-13-20-14-12-18/h2-15,21H,1H3. The second kappa shape index (κ2) is 6.95. The fraction of sp³-hybridized carbons (Fsp3) is 0.105. The van der Waals surface area contributed by atoms with E-state index in [2.05, 4.69) is 9.71 Å². The van der Waals surface area contributed by atoms with E-state index < -0.39 is 10.0 Å². The Labute approximate surface area is 142 Å². The van der Waals surface area contributed by atoms with Crippen molar-refractivity contribution in [3.05, 3.63) is 84.7 Å². The van der Waals surface area contributed by atoms with Crippen LogP contribution < -0.4 is 4.72 Å². The van der Waals surface area contributed by atoms with E-state index in [-0.39, 0.29) is 10.9 Å². The van der Waals surface area contributed by atoms with Crippen LogP contribution in [0.4, 0.5) is 0 Å². The summed E-state index contributed by atoms with van der Waals surface area (Å²) in [6.07, 6.45) is 3.42. The van der Waals surface area contributed by atoms with Gasteiger partial charge in [-0.25, -0.2) is 13.1 Å². The molecular weight excluding hydrogens is 320 g/mol. The molecule has 0 amide bonds. The van der Waals surface area contributed by atoms with Gasteiger partial charge in [-0.2, -0.15) is 0 Å². The molecule has 0 saturated carbocycles. The zero-order valence-electron chi connectivity index (χ0n) is 13.3. The van der Waals surface area contributed by atoms with Gasteiger partial charge in [0.15, 0.2) is 0 Å². The number of rotatable bonds is 5. The van der Waals surface area contributed by atoms with Gasteiger partial charge in [-0.15, -0.1) is 0 Å².